The van der Waals surface area contributed by atoms with E-state index in [0.717, 1.165) is 31.8 Å². The predicted octanol–water partition coefficient (Wildman–Crippen LogP) is 2.56. The van der Waals surface area contributed by atoms with Crippen molar-refractivity contribution in [1.82, 2.24) is 4.90 Å². The fraction of sp³-hybridized carbons (Fsp3) is 0.714. The van der Waals surface area contributed by atoms with Crippen LogP contribution in [0.25, 0.3) is 0 Å². The van der Waals surface area contributed by atoms with Crippen LogP contribution in [0.5, 0.6) is 0 Å². The number of nitrogens with zero attached hydrogens (tertiary/aromatic N) is 1. The number of allylic oxidation sites excluding steroid dienone is 3. The minimum absolute atomic E-state index is 0.0773. The number of hydrogen-bond donors (Lipinski definition) is 0. The maximum atomic E-state index is 6.04. The SMILES string of the molecule is CC1CN(CCOC2=CC(Cl)CC=C2)CC(C)O1. The maximum Gasteiger partial charge on any atom is 0.116 e. The zero-order valence-corrected chi connectivity index (χ0v) is 11.9. The molecule has 0 amide bonds. The Bertz CT molecular complexity index is 320. The van der Waals surface area contributed by atoms with Crippen molar-refractivity contribution in [3.63, 3.8) is 0 Å². The first-order valence-corrected chi connectivity index (χ1v) is 7.10. The van der Waals surface area contributed by atoms with Crippen LogP contribution in [0.1, 0.15) is 20.3 Å². The van der Waals surface area contributed by atoms with Crippen molar-refractivity contribution in [2.24, 2.45) is 0 Å². The number of alkyl halides is 1. The Morgan fingerprint density at radius 3 is 2.78 bits per heavy atom. The van der Waals surface area contributed by atoms with Gasteiger partial charge in [0.2, 0.25) is 0 Å². The molecule has 0 spiro atoms. The lowest BCUT2D eigenvalue weighted by Crippen LogP contribution is -2.46. The summed E-state index contributed by atoms with van der Waals surface area (Å²) in [4.78, 5) is 2.39. The average molecular weight is 272 g/mol. The number of rotatable bonds is 4. The summed E-state index contributed by atoms with van der Waals surface area (Å²) in [6.07, 6.45) is 7.57. The van der Waals surface area contributed by atoms with Crippen LogP contribution in [0.3, 0.4) is 0 Å². The third-order valence-corrected chi connectivity index (χ3v) is 3.46. The molecule has 0 aromatic heterocycles. The molecular formula is C14H22ClNO2. The lowest BCUT2D eigenvalue weighted by Gasteiger charge is -2.35. The van der Waals surface area contributed by atoms with E-state index in [1.807, 2.05) is 12.2 Å². The van der Waals surface area contributed by atoms with Gasteiger partial charge in [-0.1, -0.05) is 6.08 Å². The van der Waals surface area contributed by atoms with Crippen molar-refractivity contribution in [2.75, 3.05) is 26.2 Å². The minimum Gasteiger partial charge on any atom is -0.493 e. The highest BCUT2D eigenvalue weighted by molar-refractivity contribution is 6.22. The largest absolute Gasteiger partial charge is 0.493 e. The van der Waals surface area contributed by atoms with Gasteiger partial charge >= 0.3 is 0 Å². The molecule has 0 bridgehead atoms. The summed E-state index contributed by atoms with van der Waals surface area (Å²) in [7, 11) is 0. The van der Waals surface area contributed by atoms with Crippen molar-refractivity contribution in [3.8, 4) is 0 Å². The highest BCUT2D eigenvalue weighted by Gasteiger charge is 2.21. The molecule has 3 nitrogen and oxygen atoms in total. The smallest absolute Gasteiger partial charge is 0.116 e. The molecule has 1 heterocycles. The van der Waals surface area contributed by atoms with Gasteiger partial charge in [-0.2, -0.15) is 0 Å². The molecule has 1 aliphatic heterocycles. The molecule has 0 saturated carbocycles. The fourth-order valence-corrected chi connectivity index (χ4v) is 2.70. The van der Waals surface area contributed by atoms with Crippen molar-refractivity contribution < 1.29 is 9.47 Å². The molecule has 0 aromatic carbocycles. The van der Waals surface area contributed by atoms with E-state index in [1.54, 1.807) is 0 Å². The number of morpholine rings is 1. The molecule has 102 valence electrons. The van der Waals surface area contributed by atoms with Crippen LogP contribution < -0.4 is 0 Å². The van der Waals surface area contributed by atoms with Crippen LogP contribution in [-0.2, 0) is 9.47 Å². The Labute approximate surface area is 114 Å². The van der Waals surface area contributed by atoms with E-state index < -0.39 is 0 Å². The van der Waals surface area contributed by atoms with Crippen LogP contribution in [0.2, 0.25) is 0 Å². The average Bonchev–Trinajstić information content (AvgIpc) is 2.27. The fourth-order valence-electron chi connectivity index (χ4n) is 2.47. The molecule has 3 atom stereocenters. The molecule has 1 fully saturated rings. The number of hydrogen-bond acceptors (Lipinski definition) is 3. The van der Waals surface area contributed by atoms with E-state index in [1.165, 1.54) is 0 Å². The zero-order valence-electron chi connectivity index (χ0n) is 11.1. The highest BCUT2D eigenvalue weighted by atomic mass is 35.5. The van der Waals surface area contributed by atoms with Crippen molar-refractivity contribution in [3.05, 3.63) is 24.0 Å². The summed E-state index contributed by atoms with van der Waals surface area (Å²) < 4.78 is 11.4. The first-order chi connectivity index (χ1) is 8.63. The first kappa shape index (κ1) is 13.9. The Balaban J connectivity index is 1.70. The van der Waals surface area contributed by atoms with Crippen molar-refractivity contribution in [1.29, 1.82) is 0 Å². The summed E-state index contributed by atoms with van der Waals surface area (Å²) in [5, 5.41) is 0.0773. The predicted molar refractivity (Wildman–Crippen MR) is 73.9 cm³/mol. The maximum absolute atomic E-state index is 6.04. The Hall–Kier alpha value is -0.510. The van der Waals surface area contributed by atoms with E-state index in [9.17, 15) is 0 Å². The van der Waals surface area contributed by atoms with E-state index in [0.29, 0.717) is 18.8 Å². The highest BCUT2D eigenvalue weighted by Crippen LogP contribution is 2.16. The van der Waals surface area contributed by atoms with E-state index in [2.05, 4.69) is 24.8 Å². The Kier molecular flexibility index (Phi) is 5.10. The van der Waals surface area contributed by atoms with Gasteiger partial charge in [-0.3, -0.25) is 4.90 Å². The van der Waals surface area contributed by atoms with E-state index in [4.69, 9.17) is 21.1 Å². The second-order valence-corrected chi connectivity index (χ2v) is 5.65. The van der Waals surface area contributed by atoms with Gasteiger partial charge in [0.05, 0.1) is 17.6 Å². The van der Waals surface area contributed by atoms with Crippen LogP contribution in [0, 0.1) is 0 Å². The molecule has 3 unspecified atom stereocenters. The van der Waals surface area contributed by atoms with Gasteiger partial charge in [0.15, 0.2) is 0 Å². The van der Waals surface area contributed by atoms with Gasteiger partial charge in [0.25, 0.3) is 0 Å². The summed E-state index contributed by atoms with van der Waals surface area (Å²) >= 11 is 6.04. The van der Waals surface area contributed by atoms with Crippen molar-refractivity contribution >= 4 is 11.6 Å². The molecule has 4 heteroatoms. The van der Waals surface area contributed by atoms with E-state index in [-0.39, 0.29) is 5.38 Å². The number of ether oxygens (including phenoxy) is 2. The summed E-state index contributed by atoms with van der Waals surface area (Å²) in [6, 6.07) is 0. The van der Waals surface area contributed by atoms with Gasteiger partial charge < -0.3 is 9.47 Å². The molecule has 0 radical (unpaired) electrons. The minimum atomic E-state index is 0.0773. The van der Waals surface area contributed by atoms with Gasteiger partial charge in [-0.25, -0.2) is 0 Å². The van der Waals surface area contributed by atoms with Crippen LogP contribution in [0.15, 0.2) is 24.0 Å². The monoisotopic (exact) mass is 271 g/mol. The summed E-state index contributed by atoms with van der Waals surface area (Å²) in [5.41, 5.74) is 0. The third-order valence-electron chi connectivity index (χ3n) is 3.16. The van der Waals surface area contributed by atoms with Gasteiger partial charge in [-0.15, -0.1) is 11.6 Å². The zero-order chi connectivity index (χ0) is 13.0. The quantitative estimate of drug-likeness (QED) is 0.734. The Morgan fingerprint density at radius 1 is 1.39 bits per heavy atom. The molecule has 0 aromatic rings. The number of halogens is 1. The van der Waals surface area contributed by atoms with Crippen LogP contribution in [0.4, 0.5) is 0 Å². The molecule has 2 rings (SSSR count). The lowest BCUT2D eigenvalue weighted by atomic mass is 10.2. The molecule has 1 saturated heterocycles. The van der Waals surface area contributed by atoms with Gasteiger partial charge in [0.1, 0.15) is 12.4 Å². The molecule has 18 heavy (non-hydrogen) atoms. The van der Waals surface area contributed by atoms with Gasteiger partial charge in [-0.05, 0) is 32.4 Å². The molecular weight excluding hydrogens is 250 g/mol. The molecule has 2 aliphatic rings. The molecule has 1 aliphatic carbocycles. The normalized spacial score (nSPS) is 33.3. The second-order valence-electron chi connectivity index (χ2n) is 5.09. The standard InChI is InChI=1S/C14H22ClNO2/c1-11-9-16(10-12(2)18-11)6-7-17-14-5-3-4-13(15)8-14/h3,5,8,11-13H,4,6-7,9-10H2,1-2H3. The van der Waals surface area contributed by atoms with Crippen molar-refractivity contribution in [2.45, 2.75) is 37.9 Å². The summed E-state index contributed by atoms with van der Waals surface area (Å²) in [5.74, 6) is 0.899. The Morgan fingerprint density at radius 2 is 2.11 bits per heavy atom. The van der Waals surface area contributed by atoms with Crippen LogP contribution in [-0.4, -0.2) is 48.7 Å². The lowest BCUT2D eigenvalue weighted by molar-refractivity contribution is -0.0712. The second kappa shape index (κ2) is 6.60. The topological polar surface area (TPSA) is 21.7 Å². The first-order valence-electron chi connectivity index (χ1n) is 6.66. The van der Waals surface area contributed by atoms with Gasteiger partial charge in [0, 0.05) is 19.6 Å². The molecule has 0 N–H and O–H groups in total. The third kappa shape index (κ3) is 4.30. The summed E-state index contributed by atoms with van der Waals surface area (Å²) in [6.45, 7) is 7.86. The van der Waals surface area contributed by atoms with E-state index >= 15 is 0 Å². The van der Waals surface area contributed by atoms with Crippen LogP contribution >= 0.6 is 11.6 Å².